The molecular weight excluding hydrogens is 448 g/mol. The third-order valence-electron chi connectivity index (χ3n) is 7.22. The molecular formula is C28H54O7. The minimum Gasteiger partial charge on any atom is -0.394 e. The Kier molecular flexibility index (Phi) is 17.5. The van der Waals surface area contributed by atoms with E-state index >= 15 is 0 Å². The largest absolute Gasteiger partial charge is 0.394 e. The molecule has 2 N–H and O–H groups in total. The van der Waals surface area contributed by atoms with Crippen molar-refractivity contribution < 1.29 is 33.9 Å². The van der Waals surface area contributed by atoms with Gasteiger partial charge in [0, 0.05) is 13.7 Å². The fourth-order valence-corrected chi connectivity index (χ4v) is 4.85. The van der Waals surface area contributed by atoms with E-state index in [1.165, 1.54) is 97.0 Å². The molecule has 6 atom stereocenters. The molecule has 0 amide bonds. The molecule has 2 fully saturated rings. The van der Waals surface area contributed by atoms with Crippen LogP contribution in [0.5, 0.6) is 0 Å². The summed E-state index contributed by atoms with van der Waals surface area (Å²) in [5.74, 6) is 0. The molecule has 2 heterocycles. The van der Waals surface area contributed by atoms with E-state index in [0.29, 0.717) is 19.8 Å². The maximum Gasteiger partial charge on any atom is 0.186 e. The topological polar surface area (TPSA) is 89.9 Å². The zero-order chi connectivity index (χ0) is 25.1. The van der Waals surface area contributed by atoms with Crippen molar-refractivity contribution in [1.29, 1.82) is 0 Å². The fourth-order valence-electron chi connectivity index (χ4n) is 4.85. The van der Waals surface area contributed by atoms with Crippen molar-refractivity contribution in [3.63, 3.8) is 0 Å². The van der Waals surface area contributed by atoms with Crippen molar-refractivity contribution >= 4 is 0 Å². The van der Waals surface area contributed by atoms with Crippen LogP contribution in [0.15, 0.2) is 0 Å². The highest BCUT2D eigenvalue weighted by Crippen LogP contribution is 2.28. The Bertz CT molecular complexity index is 488. The average molecular weight is 503 g/mol. The fraction of sp³-hybridized carbons (Fsp3) is 1.00. The Morgan fingerprint density at radius 1 is 0.743 bits per heavy atom. The summed E-state index contributed by atoms with van der Waals surface area (Å²) in [6, 6.07) is 0. The van der Waals surface area contributed by atoms with Crippen LogP contribution >= 0.6 is 0 Å². The van der Waals surface area contributed by atoms with Gasteiger partial charge >= 0.3 is 0 Å². The summed E-state index contributed by atoms with van der Waals surface area (Å²) in [6.45, 7) is 3.65. The second-order valence-corrected chi connectivity index (χ2v) is 10.3. The number of hydrogen-bond acceptors (Lipinski definition) is 7. The van der Waals surface area contributed by atoms with Gasteiger partial charge in [-0.2, -0.15) is 0 Å². The summed E-state index contributed by atoms with van der Waals surface area (Å²) < 4.78 is 28.3. The molecule has 7 nitrogen and oxygen atoms in total. The Morgan fingerprint density at radius 3 is 1.71 bits per heavy atom. The van der Waals surface area contributed by atoms with Crippen LogP contribution < -0.4 is 0 Å². The van der Waals surface area contributed by atoms with Crippen LogP contribution in [0.2, 0.25) is 0 Å². The van der Waals surface area contributed by atoms with Gasteiger partial charge in [-0.15, -0.1) is 0 Å². The molecule has 0 saturated carbocycles. The van der Waals surface area contributed by atoms with Crippen molar-refractivity contribution in [2.24, 2.45) is 0 Å². The molecule has 0 aromatic heterocycles. The van der Waals surface area contributed by atoms with E-state index in [1.54, 1.807) is 0 Å². The molecule has 7 heteroatoms. The predicted octanol–water partition coefficient (Wildman–Crippen LogP) is 5.14. The molecule has 0 aliphatic carbocycles. The first-order valence-electron chi connectivity index (χ1n) is 14.5. The second kappa shape index (κ2) is 19.8. The van der Waals surface area contributed by atoms with Crippen LogP contribution in [-0.4, -0.2) is 80.6 Å². The van der Waals surface area contributed by atoms with Gasteiger partial charge < -0.3 is 33.9 Å². The predicted molar refractivity (Wildman–Crippen MR) is 138 cm³/mol. The van der Waals surface area contributed by atoms with Gasteiger partial charge in [-0.25, -0.2) is 0 Å². The van der Waals surface area contributed by atoms with E-state index in [1.807, 2.05) is 0 Å². The zero-order valence-electron chi connectivity index (χ0n) is 22.5. The standard InChI is InChI=1S/C28H54O7/c1-3-4-5-6-7-8-9-10-11-12-13-14-15-16-17-18-19-32-26-25(30)24(20-29)35-28(31-2)27(26)34-22-23-21-33-23/h23-30H,3-22H2,1-2H3/t23?,24-,25-,26+,27-,28?/m1/s1. The van der Waals surface area contributed by atoms with Crippen LogP contribution in [0.3, 0.4) is 0 Å². The summed E-state index contributed by atoms with van der Waals surface area (Å²) in [4.78, 5) is 0. The number of methoxy groups -OCH3 is 1. The minimum atomic E-state index is -0.961. The number of epoxide rings is 1. The molecule has 0 aromatic carbocycles. The van der Waals surface area contributed by atoms with Gasteiger partial charge in [0.15, 0.2) is 6.29 Å². The molecule has 208 valence electrons. The highest BCUT2D eigenvalue weighted by Gasteiger charge is 2.47. The number of aliphatic hydroxyl groups excluding tert-OH is 2. The number of hydrogen-bond donors (Lipinski definition) is 2. The molecule has 2 saturated heterocycles. The van der Waals surface area contributed by atoms with Gasteiger partial charge in [-0.1, -0.05) is 103 Å². The molecule has 0 bridgehead atoms. The SMILES string of the molecule is CCCCCCCCCCCCCCCCCCO[C@H]1[C@H](O)[C@@H](CO)OC(OC)[C@@H]1OCC1CO1. The molecule has 0 aromatic rings. The lowest BCUT2D eigenvalue weighted by Gasteiger charge is -2.43. The molecule has 2 aliphatic heterocycles. The third kappa shape index (κ3) is 13.2. The van der Waals surface area contributed by atoms with Crippen molar-refractivity contribution in [2.75, 3.05) is 33.5 Å². The first-order chi connectivity index (χ1) is 17.2. The molecule has 2 aliphatic rings. The Morgan fingerprint density at radius 2 is 1.26 bits per heavy atom. The highest BCUT2D eigenvalue weighted by atomic mass is 16.7. The van der Waals surface area contributed by atoms with Crippen molar-refractivity contribution in [3.8, 4) is 0 Å². The highest BCUT2D eigenvalue weighted by molar-refractivity contribution is 4.92. The van der Waals surface area contributed by atoms with Crippen LogP contribution in [-0.2, 0) is 23.7 Å². The summed E-state index contributed by atoms with van der Waals surface area (Å²) in [7, 11) is 1.54. The Balaban J connectivity index is 1.47. The molecule has 35 heavy (non-hydrogen) atoms. The van der Waals surface area contributed by atoms with Gasteiger partial charge in [-0.05, 0) is 6.42 Å². The smallest absolute Gasteiger partial charge is 0.186 e. The molecule has 2 rings (SSSR count). The normalized spacial score (nSPS) is 28.5. The average Bonchev–Trinajstić information content (AvgIpc) is 3.70. The number of rotatable bonds is 23. The maximum atomic E-state index is 10.7. The summed E-state index contributed by atoms with van der Waals surface area (Å²) in [5, 5.41) is 20.2. The van der Waals surface area contributed by atoms with E-state index in [2.05, 4.69) is 6.92 Å². The van der Waals surface area contributed by atoms with E-state index in [9.17, 15) is 10.2 Å². The van der Waals surface area contributed by atoms with Gasteiger partial charge in [-0.3, -0.25) is 0 Å². The maximum absolute atomic E-state index is 10.7. The van der Waals surface area contributed by atoms with E-state index in [4.69, 9.17) is 23.7 Å². The van der Waals surface area contributed by atoms with E-state index < -0.39 is 30.7 Å². The first-order valence-corrected chi connectivity index (χ1v) is 14.5. The van der Waals surface area contributed by atoms with Crippen LogP contribution in [0.25, 0.3) is 0 Å². The Labute approximate surface area is 214 Å². The summed E-state index contributed by atoms with van der Waals surface area (Å²) in [6.07, 6.45) is 17.8. The number of aliphatic hydroxyl groups is 2. The molecule has 0 radical (unpaired) electrons. The quantitative estimate of drug-likeness (QED) is 0.148. The molecule has 2 unspecified atom stereocenters. The Hall–Kier alpha value is -0.280. The van der Waals surface area contributed by atoms with Crippen molar-refractivity contribution in [1.82, 2.24) is 0 Å². The second-order valence-electron chi connectivity index (χ2n) is 10.3. The van der Waals surface area contributed by atoms with Gasteiger partial charge in [0.25, 0.3) is 0 Å². The van der Waals surface area contributed by atoms with E-state index in [0.717, 1.165) is 12.8 Å². The van der Waals surface area contributed by atoms with Crippen molar-refractivity contribution in [3.05, 3.63) is 0 Å². The number of ether oxygens (including phenoxy) is 5. The third-order valence-corrected chi connectivity index (χ3v) is 7.22. The monoisotopic (exact) mass is 502 g/mol. The zero-order valence-corrected chi connectivity index (χ0v) is 22.5. The summed E-state index contributed by atoms with van der Waals surface area (Å²) >= 11 is 0. The molecule has 0 spiro atoms. The lowest BCUT2D eigenvalue weighted by molar-refractivity contribution is -0.310. The van der Waals surface area contributed by atoms with Gasteiger partial charge in [0.2, 0.25) is 0 Å². The number of unbranched alkanes of at least 4 members (excludes halogenated alkanes) is 15. The van der Waals surface area contributed by atoms with Gasteiger partial charge in [0.1, 0.15) is 30.5 Å². The van der Waals surface area contributed by atoms with E-state index in [-0.39, 0.29) is 12.7 Å². The van der Waals surface area contributed by atoms with Gasteiger partial charge in [0.05, 0.1) is 19.8 Å². The lowest BCUT2D eigenvalue weighted by atomic mass is 9.98. The van der Waals surface area contributed by atoms with Crippen LogP contribution in [0.4, 0.5) is 0 Å². The first kappa shape index (κ1) is 30.9. The van der Waals surface area contributed by atoms with Crippen LogP contribution in [0.1, 0.15) is 110 Å². The minimum absolute atomic E-state index is 0.0983. The lowest BCUT2D eigenvalue weighted by Crippen LogP contribution is -2.61. The van der Waals surface area contributed by atoms with Crippen LogP contribution in [0, 0.1) is 0 Å². The van der Waals surface area contributed by atoms with Crippen molar-refractivity contribution in [2.45, 2.75) is 146 Å². The summed E-state index contributed by atoms with van der Waals surface area (Å²) in [5.41, 5.74) is 0.